The molecule has 0 aliphatic rings. The second kappa shape index (κ2) is 5.50. The van der Waals surface area contributed by atoms with Crippen molar-refractivity contribution in [2.24, 2.45) is 0 Å². The van der Waals surface area contributed by atoms with Crippen molar-refractivity contribution in [3.8, 4) is 5.75 Å². The van der Waals surface area contributed by atoms with Gasteiger partial charge in [0, 0.05) is 0 Å². The summed E-state index contributed by atoms with van der Waals surface area (Å²) in [6.45, 7) is 0. The summed E-state index contributed by atoms with van der Waals surface area (Å²) in [6.07, 6.45) is 1.25. The minimum absolute atomic E-state index is 0.00908. The predicted molar refractivity (Wildman–Crippen MR) is 81.0 cm³/mol. The summed E-state index contributed by atoms with van der Waals surface area (Å²) in [4.78, 5) is 16.2. The van der Waals surface area contributed by atoms with Crippen molar-refractivity contribution in [1.82, 2.24) is 14.6 Å². The number of aromatic nitrogens is 3. The lowest BCUT2D eigenvalue weighted by atomic mass is 10.2. The van der Waals surface area contributed by atoms with E-state index in [4.69, 9.17) is 4.74 Å². The topological polar surface area (TPSA) is 90.6 Å². The molecule has 9 heteroatoms. The van der Waals surface area contributed by atoms with Gasteiger partial charge in [-0.05, 0) is 5.56 Å². The van der Waals surface area contributed by atoms with Crippen LogP contribution in [0.5, 0.6) is 5.75 Å². The van der Waals surface area contributed by atoms with Gasteiger partial charge in [0.2, 0.25) is 24.9 Å². The van der Waals surface area contributed by atoms with Gasteiger partial charge in [0.1, 0.15) is 0 Å². The van der Waals surface area contributed by atoms with Gasteiger partial charge in [-0.15, -0.1) is 5.10 Å². The quantitative estimate of drug-likeness (QED) is 0.709. The molecule has 0 saturated heterocycles. The SMILES string of the molecule is COc1cnc2sc(S(=O)(=O)Cc3ccccc3)nn2c1=O. The van der Waals surface area contributed by atoms with Crippen LogP contribution in [0.4, 0.5) is 0 Å². The number of sulfone groups is 1. The Bertz CT molecular complexity index is 977. The summed E-state index contributed by atoms with van der Waals surface area (Å²) in [5.41, 5.74) is 0.115. The molecule has 114 valence electrons. The van der Waals surface area contributed by atoms with E-state index in [1.807, 2.05) is 6.07 Å². The van der Waals surface area contributed by atoms with Gasteiger partial charge in [0.15, 0.2) is 0 Å². The van der Waals surface area contributed by atoms with E-state index < -0.39 is 15.4 Å². The van der Waals surface area contributed by atoms with Gasteiger partial charge < -0.3 is 4.74 Å². The zero-order valence-electron chi connectivity index (χ0n) is 11.5. The molecule has 3 aromatic rings. The van der Waals surface area contributed by atoms with Gasteiger partial charge in [0.25, 0.3) is 0 Å². The van der Waals surface area contributed by atoms with Crippen molar-refractivity contribution in [3.63, 3.8) is 0 Å². The van der Waals surface area contributed by atoms with Crippen LogP contribution in [0.3, 0.4) is 0 Å². The van der Waals surface area contributed by atoms with Gasteiger partial charge in [-0.1, -0.05) is 41.7 Å². The Balaban J connectivity index is 2.06. The Morgan fingerprint density at radius 2 is 2.00 bits per heavy atom. The van der Waals surface area contributed by atoms with Crippen LogP contribution >= 0.6 is 11.3 Å². The molecule has 1 aromatic carbocycles. The summed E-state index contributed by atoms with van der Waals surface area (Å²) >= 11 is 0.854. The molecular weight excluding hydrogens is 326 g/mol. The highest BCUT2D eigenvalue weighted by Gasteiger charge is 2.22. The van der Waals surface area contributed by atoms with Gasteiger partial charge in [-0.3, -0.25) is 4.79 Å². The van der Waals surface area contributed by atoms with Crippen molar-refractivity contribution in [2.75, 3.05) is 7.11 Å². The van der Waals surface area contributed by atoms with E-state index in [0.717, 1.165) is 15.9 Å². The maximum Gasteiger partial charge on any atom is 0.317 e. The molecule has 0 atom stereocenters. The number of hydrogen-bond donors (Lipinski definition) is 0. The number of rotatable bonds is 4. The largest absolute Gasteiger partial charge is 0.490 e. The van der Waals surface area contributed by atoms with Crippen LogP contribution in [-0.4, -0.2) is 30.1 Å². The van der Waals surface area contributed by atoms with Gasteiger partial charge in [0.05, 0.1) is 19.1 Å². The highest BCUT2D eigenvalue weighted by Crippen LogP contribution is 2.21. The molecule has 0 saturated carbocycles. The maximum absolute atomic E-state index is 12.4. The highest BCUT2D eigenvalue weighted by atomic mass is 32.2. The third kappa shape index (κ3) is 2.60. The van der Waals surface area contributed by atoms with Gasteiger partial charge in [-0.2, -0.15) is 4.52 Å². The molecule has 0 bridgehead atoms. The molecule has 0 radical (unpaired) electrons. The van der Waals surface area contributed by atoms with E-state index in [1.54, 1.807) is 24.3 Å². The molecule has 7 nitrogen and oxygen atoms in total. The van der Waals surface area contributed by atoms with Gasteiger partial charge in [-0.25, -0.2) is 13.4 Å². The van der Waals surface area contributed by atoms with Crippen molar-refractivity contribution >= 4 is 26.1 Å². The third-order valence-electron chi connectivity index (χ3n) is 2.92. The van der Waals surface area contributed by atoms with Crippen LogP contribution in [0, 0.1) is 0 Å². The monoisotopic (exact) mass is 337 g/mol. The highest BCUT2D eigenvalue weighted by molar-refractivity contribution is 7.92. The zero-order chi connectivity index (χ0) is 15.7. The van der Waals surface area contributed by atoms with E-state index in [2.05, 4.69) is 10.1 Å². The predicted octanol–water partition coefficient (Wildman–Crippen LogP) is 1.13. The Hall–Kier alpha value is -2.26. The molecule has 2 aromatic heterocycles. The van der Waals surface area contributed by atoms with Crippen LogP contribution in [0.2, 0.25) is 0 Å². The minimum Gasteiger partial charge on any atom is -0.490 e. The Kier molecular flexibility index (Phi) is 3.67. The molecule has 0 amide bonds. The Labute approximate surface area is 129 Å². The number of fused-ring (bicyclic) bond motifs is 1. The van der Waals surface area contributed by atoms with Crippen LogP contribution < -0.4 is 10.3 Å². The Morgan fingerprint density at radius 1 is 1.27 bits per heavy atom. The molecule has 22 heavy (non-hydrogen) atoms. The number of nitrogens with zero attached hydrogens (tertiary/aromatic N) is 3. The molecule has 0 fully saturated rings. The molecule has 2 heterocycles. The fraction of sp³-hybridized carbons (Fsp3) is 0.154. The fourth-order valence-corrected chi connectivity index (χ4v) is 4.34. The summed E-state index contributed by atoms with van der Waals surface area (Å²) in [5, 5.41) is 3.88. The van der Waals surface area contributed by atoms with E-state index in [0.29, 0.717) is 5.56 Å². The number of methoxy groups -OCH3 is 1. The number of hydrogen-bond acceptors (Lipinski definition) is 7. The summed E-state index contributed by atoms with van der Waals surface area (Å²) in [6, 6.07) is 8.78. The molecule has 0 aliphatic heterocycles. The molecular formula is C13H11N3O4S2. The lowest BCUT2D eigenvalue weighted by Crippen LogP contribution is -2.17. The first-order chi connectivity index (χ1) is 10.5. The van der Waals surface area contributed by atoms with Crippen LogP contribution in [0.15, 0.2) is 45.7 Å². The number of ether oxygens (including phenoxy) is 1. The summed E-state index contributed by atoms with van der Waals surface area (Å²) in [5.74, 6) is -0.172. The molecule has 0 unspecified atom stereocenters. The second-order valence-electron chi connectivity index (χ2n) is 4.44. The van der Waals surface area contributed by atoms with Crippen molar-refractivity contribution in [1.29, 1.82) is 0 Å². The fourth-order valence-electron chi connectivity index (χ4n) is 1.87. The standard InChI is InChI=1S/C13H11N3O4S2/c1-20-10-7-14-12-16(11(10)17)15-13(21-12)22(18,19)8-9-5-3-2-4-6-9/h2-7H,8H2,1H3. The smallest absolute Gasteiger partial charge is 0.317 e. The average Bonchev–Trinajstić information content (AvgIpc) is 2.94. The molecule has 3 rings (SSSR count). The zero-order valence-corrected chi connectivity index (χ0v) is 13.1. The molecule has 0 aliphatic carbocycles. The maximum atomic E-state index is 12.4. The Morgan fingerprint density at radius 3 is 2.68 bits per heavy atom. The van der Waals surface area contributed by atoms with Crippen LogP contribution in [-0.2, 0) is 15.6 Å². The average molecular weight is 337 g/mol. The lowest BCUT2D eigenvalue weighted by molar-refractivity contribution is 0.404. The first-order valence-corrected chi connectivity index (χ1v) is 8.68. The van der Waals surface area contributed by atoms with Crippen LogP contribution in [0.25, 0.3) is 4.96 Å². The second-order valence-corrected chi connectivity index (χ2v) is 7.56. The minimum atomic E-state index is -3.64. The number of benzene rings is 1. The normalized spacial score (nSPS) is 11.7. The van der Waals surface area contributed by atoms with Crippen molar-refractivity contribution < 1.29 is 13.2 Å². The lowest BCUT2D eigenvalue weighted by Gasteiger charge is -1.99. The molecule has 0 N–H and O–H groups in total. The van der Waals surface area contributed by atoms with Crippen molar-refractivity contribution in [3.05, 3.63) is 52.4 Å². The summed E-state index contributed by atoms with van der Waals surface area (Å²) in [7, 11) is -2.31. The van der Waals surface area contributed by atoms with Gasteiger partial charge >= 0.3 is 5.56 Å². The van der Waals surface area contributed by atoms with Crippen molar-refractivity contribution in [2.45, 2.75) is 10.1 Å². The van der Waals surface area contributed by atoms with E-state index in [9.17, 15) is 13.2 Å². The first-order valence-electron chi connectivity index (χ1n) is 6.21. The summed E-state index contributed by atoms with van der Waals surface area (Å²) < 4.78 is 30.5. The first kappa shape index (κ1) is 14.7. The van der Waals surface area contributed by atoms with Crippen LogP contribution in [0.1, 0.15) is 5.56 Å². The van der Waals surface area contributed by atoms with E-state index in [1.165, 1.54) is 13.3 Å². The third-order valence-corrected chi connectivity index (χ3v) is 5.98. The van der Waals surface area contributed by atoms with E-state index >= 15 is 0 Å². The molecule has 0 spiro atoms. The van der Waals surface area contributed by atoms with E-state index in [-0.39, 0.29) is 20.8 Å².